The van der Waals surface area contributed by atoms with E-state index in [2.05, 4.69) is 4.99 Å². The summed E-state index contributed by atoms with van der Waals surface area (Å²) in [5, 5.41) is 16.8. The van der Waals surface area contributed by atoms with Gasteiger partial charge in [0.25, 0.3) is 0 Å². The molecule has 5 nitrogen and oxygen atoms in total. The van der Waals surface area contributed by atoms with Gasteiger partial charge in [0.15, 0.2) is 0 Å². The quantitative estimate of drug-likeness (QED) is 0.403. The zero-order valence-electron chi connectivity index (χ0n) is 7.14. The van der Waals surface area contributed by atoms with E-state index in [1.807, 2.05) is 0 Å². The molecule has 70 valence electrons. The first-order chi connectivity index (χ1) is 6.65. The summed E-state index contributed by atoms with van der Waals surface area (Å²) in [7, 11) is 0. The molecule has 0 aliphatic carbocycles. The van der Waals surface area contributed by atoms with E-state index in [-0.39, 0.29) is 11.4 Å². The Kier molecular flexibility index (Phi) is 2.82. The molecule has 0 amide bonds. The Bertz CT molecular complexity index is 415. The minimum Gasteiger partial charge on any atom is -0.478 e. The minimum atomic E-state index is -1.01. The Hall–Kier alpha value is -2.35. The second kappa shape index (κ2) is 4.05. The first kappa shape index (κ1) is 9.74. The van der Waals surface area contributed by atoms with Gasteiger partial charge >= 0.3 is 5.97 Å². The first-order valence-electron chi connectivity index (χ1n) is 3.71. The van der Waals surface area contributed by atoms with Crippen molar-refractivity contribution >= 4 is 11.8 Å². The molecule has 0 aromatic heterocycles. The first-order valence-corrected chi connectivity index (χ1v) is 3.71. The number of carboxylic acid groups (broad SMARTS) is 1. The van der Waals surface area contributed by atoms with Crippen LogP contribution in [0.5, 0.6) is 0 Å². The lowest BCUT2D eigenvalue weighted by molar-refractivity contribution is 0.0697. The minimum absolute atomic E-state index is 0.0736. The Morgan fingerprint density at radius 2 is 1.86 bits per heavy atom. The largest absolute Gasteiger partial charge is 0.478 e. The lowest BCUT2D eigenvalue weighted by Gasteiger charge is -1.98. The highest BCUT2D eigenvalue weighted by Crippen LogP contribution is 2.03. The molecule has 3 N–H and O–H groups in total. The second-order valence-corrected chi connectivity index (χ2v) is 2.48. The average Bonchev–Trinajstić information content (AvgIpc) is 2.18. The van der Waals surface area contributed by atoms with Crippen LogP contribution in [0.2, 0.25) is 0 Å². The van der Waals surface area contributed by atoms with Crippen molar-refractivity contribution in [3.8, 4) is 6.19 Å². The number of hydrogen-bond acceptors (Lipinski definition) is 3. The fraction of sp³-hybridized carbons (Fsp3) is 0. The van der Waals surface area contributed by atoms with E-state index in [0.29, 0.717) is 5.56 Å². The van der Waals surface area contributed by atoms with Crippen LogP contribution in [0.15, 0.2) is 29.3 Å². The number of nitrogens with zero attached hydrogens (tertiary/aromatic N) is 2. The van der Waals surface area contributed by atoms with Gasteiger partial charge in [0.1, 0.15) is 5.84 Å². The molecule has 0 radical (unpaired) electrons. The monoisotopic (exact) mass is 189 g/mol. The van der Waals surface area contributed by atoms with Gasteiger partial charge in [0, 0.05) is 5.56 Å². The van der Waals surface area contributed by atoms with Crippen LogP contribution >= 0.6 is 0 Å². The van der Waals surface area contributed by atoms with Crippen LogP contribution in [0.25, 0.3) is 0 Å². The van der Waals surface area contributed by atoms with E-state index in [0.717, 1.165) is 0 Å². The smallest absolute Gasteiger partial charge is 0.335 e. The number of rotatable bonds is 2. The van der Waals surface area contributed by atoms with Crippen molar-refractivity contribution in [1.29, 1.82) is 5.26 Å². The fourth-order valence-electron chi connectivity index (χ4n) is 0.902. The van der Waals surface area contributed by atoms with Crippen molar-refractivity contribution in [2.24, 2.45) is 10.7 Å². The molecule has 0 aliphatic rings. The van der Waals surface area contributed by atoms with Gasteiger partial charge in [-0.2, -0.15) is 10.3 Å². The summed E-state index contributed by atoms with van der Waals surface area (Å²) in [6.45, 7) is 0. The molecule has 1 rings (SSSR count). The van der Waals surface area contributed by atoms with Gasteiger partial charge in [-0.3, -0.25) is 0 Å². The van der Waals surface area contributed by atoms with Gasteiger partial charge in [-0.1, -0.05) is 12.1 Å². The highest BCUT2D eigenvalue weighted by Gasteiger charge is 2.03. The molecule has 0 aliphatic heterocycles. The third-order valence-corrected chi connectivity index (χ3v) is 1.60. The number of nitriles is 1. The third kappa shape index (κ3) is 2.08. The molecule has 0 fully saturated rings. The van der Waals surface area contributed by atoms with Crippen LogP contribution in [-0.2, 0) is 0 Å². The second-order valence-electron chi connectivity index (χ2n) is 2.48. The number of nitrogens with two attached hydrogens (primary N) is 1. The van der Waals surface area contributed by atoms with E-state index in [1.165, 1.54) is 24.3 Å². The molecule has 0 unspecified atom stereocenters. The molecule has 0 spiro atoms. The third-order valence-electron chi connectivity index (χ3n) is 1.60. The van der Waals surface area contributed by atoms with Crippen LogP contribution in [0.3, 0.4) is 0 Å². The Morgan fingerprint density at radius 3 is 2.29 bits per heavy atom. The van der Waals surface area contributed by atoms with Gasteiger partial charge in [0.2, 0.25) is 6.19 Å². The van der Waals surface area contributed by atoms with E-state index in [1.54, 1.807) is 6.19 Å². The molecule has 0 saturated carbocycles. The number of carboxylic acids is 1. The molecule has 0 atom stereocenters. The number of hydrogen-bond donors (Lipinski definition) is 2. The standard InChI is InChI=1S/C9H7N3O2/c10-5-12-8(11)6-1-3-7(4-2-6)9(13)14/h1-4H,(H2,11,12)(H,13,14). The normalized spacial score (nSPS) is 10.6. The molecule has 0 saturated heterocycles. The van der Waals surface area contributed by atoms with E-state index >= 15 is 0 Å². The Labute approximate surface area is 80.1 Å². The number of carbonyl (C=O) groups is 1. The molecule has 5 heteroatoms. The summed E-state index contributed by atoms with van der Waals surface area (Å²) in [6, 6.07) is 5.80. The van der Waals surface area contributed by atoms with Crippen LogP contribution in [-0.4, -0.2) is 16.9 Å². The van der Waals surface area contributed by atoms with Crippen LogP contribution in [0.1, 0.15) is 15.9 Å². The summed E-state index contributed by atoms with van der Waals surface area (Å²) >= 11 is 0. The molecular formula is C9H7N3O2. The SMILES string of the molecule is N#CN=C(N)c1ccc(C(=O)O)cc1. The Balaban J connectivity index is 3.01. The summed E-state index contributed by atoms with van der Waals surface area (Å²) < 4.78 is 0. The van der Waals surface area contributed by atoms with Crippen molar-refractivity contribution in [1.82, 2.24) is 0 Å². The molecule has 14 heavy (non-hydrogen) atoms. The lowest BCUT2D eigenvalue weighted by Crippen LogP contribution is -2.12. The molecular weight excluding hydrogens is 182 g/mol. The van der Waals surface area contributed by atoms with E-state index in [9.17, 15) is 4.79 Å². The Morgan fingerprint density at radius 1 is 1.36 bits per heavy atom. The van der Waals surface area contributed by atoms with E-state index < -0.39 is 5.97 Å². The van der Waals surface area contributed by atoms with Crippen LogP contribution in [0.4, 0.5) is 0 Å². The number of aromatic carboxylic acids is 1. The maximum Gasteiger partial charge on any atom is 0.335 e. The predicted octanol–water partition coefficient (Wildman–Crippen LogP) is 0.571. The number of aliphatic imine (C=N–C) groups is 1. The molecule has 0 heterocycles. The lowest BCUT2D eigenvalue weighted by atomic mass is 10.1. The highest BCUT2D eigenvalue weighted by molar-refractivity contribution is 5.99. The average molecular weight is 189 g/mol. The summed E-state index contributed by atoms with van der Waals surface area (Å²) in [5.41, 5.74) is 6.10. The van der Waals surface area contributed by atoms with Crippen molar-refractivity contribution in [2.75, 3.05) is 0 Å². The van der Waals surface area contributed by atoms with Crippen molar-refractivity contribution in [3.63, 3.8) is 0 Å². The van der Waals surface area contributed by atoms with Gasteiger partial charge in [-0.25, -0.2) is 4.79 Å². The van der Waals surface area contributed by atoms with Gasteiger partial charge < -0.3 is 10.8 Å². The topological polar surface area (TPSA) is 99.5 Å². The summed E-state index contributed by atoms with van der Waals surface area (Å²) in [5.74, 6) is -0.934. The zero-order chi connectivity index (χ0) is 10.6. The number of amidine groups is 1. The predicted molar refractivity (Wildman–Crippen MR) is 49.7 cm³/mol. The molecule has 0 bridgehead atoms. The fourth-order valence-corrected chi connectivity index (χ4v) is 0.902. The highest BCUT2D eigenvalue weighted by atomic mass is 16.4. The van der Waals surface area contributed by atoms with Crippen molar-refractivity contribution in [2.45, 2.75) is 0 Å². The summed E-state index contributed by atoms with van der Waals surface area (Å²) in [6.07, 6.45) is 1.55. The molecule has 1 aromatic rings. The zero-order valence-corrected chi connectivity index (χ0v) is 7.14. The van der Waals surface area contributed by atoms with Crippen LogP contribution in [0, 0.1) is 11.5 Å². The molecule has 1 aromatic carbocycles. The number of benzene rings is 1. The maximum atomic E-state index is 10.5. The van der Waals surface area contributed by atoms with Gasteiger partial charge in [-0.15, -0.1) is 0 Å². The van der Waals surface area contributed by atoms with Crippen LogP contribution < -0.4 is 5.73 Å². The van der Waals surface area contributed by atoms with Gasteiger partial charge in [-0.05, 0) is 12.1 Å². The van der Waals surface area contributed by atoms with Crippen molar-refractivity contribution in [3.05, 3.63) is 35.4 Å². The van der Waals surface area contributed by atoms with Gasteiger partial charge in [0.05, 0.1) is 5.56 Å². The van der Waals surface area contributed by atoms with Crippen molar-refractivity contribution < 1.29 is 9.90 Å². The summed E-state index contributed by atoms with van der Waals surface area (Å²) in [4.78, 5) is 13.8. The van der Waals surface area contributed by atoms with E-state index in [4.69, 9.17) is 16.1 Å². The maximum absolute atomic E-state index is 10.5.